The van der Waals surface area contributed by atoms with Crippen LogP contribution in [0, 0.1) is 11.8 Å². The quantitative estimate of drug-likeness (QED) is 0.891. The summed E-state index contributed by atoms with van der Waals surface area (Å²) in [5.74, 6) is 0.559. The van der Waals surface area contributed by atoms with Crippen LogP contribution in [-0.2, 0) is 10.3 Å². The minimum Gasteiger partial charge on any atom is -0.370 e. The number of amides is 1. The van der Waals surface area contributed by atoms with Crippen molar-refractivity contribution in [2.45, 2.75) is 31.8 Å². The number of nitrogens with one attached hydrogen (secondary N) is 1. The van der Waals surface area contributed by atoms with E-state index in [0.29, 0.717) is 24.0 Å². The van der Waals surface area contributed by atoms with Gasteiger partial charge in [0, 0.05) is 37.1 Å². The molecule has 3 atom stereocenters. The summed E-state index contributed by atoms with van der Waals surface area (Å²) in [5.41, 5.74) is 6.89. The predicted octanol–water partition coefficient (Wildman–Crippen LogP) is 2.04. The Labute approximate surface area is 126 Å². The number of carbonyl (C=O) groups excluding carboxylic acids is 1. The van der Waals surface area contributed by atoms with Crippen LogP contribution in [0.4, 0.5) is 0 Å². The lowest BCUT2D eigenvalue weighted by atomic mass is 9.62. The van der Waals surface area contributed by atoms with E-state index in [2.05, 4.69) is 18.3 Å². The maximum absolute atomic E-state index is 11.5. The topological polar surface area (TPSA) is 64.3 Å². The fourth-order valence-corrected chi connectivity index (χ4v) is 4.26. The molecule has 4 heteroatoms. The summed E-state index contributed by atoms with van der Waals surface area (Å²) in [6.45, 7) is 4.71. The van der Waals surface area contributed by atoms with Crippen molar-refractivity contribution in [2.75, 3.05) is 19.7 Å². The van der Waals surface area contributed by atoms with Gasteiger partial charge in [-0.3, -0.25) is 4.79 Å². The molecule has 1 unspecified atom stereocenters. The molecular formula is C17H24N2O2. The smallest absolute Gasteiger partial charge is 0.248 e. The largest absolute Gasteiger partial charge is 0.370 e. The molecule has 1 aromatic carbocycles. The average Bonchev–Trinajstić information content (AvgIpc) is 2.47. The first-order valence-corrected chi connectivity index (χ1v) is 7.93. The van der Waals surface area contributed by atoms with Gasteiger partial charge in [0.05, 0.1) is 0 Å². The van der Waals surface area contributed by atoms with Crippen molar-refractivity contribution in [3.05, 3.63) is 35.4 Å². The highest BCUT2D eigenvalue weighted by Gasteiger charge is 2.51. The van der Waals surface area contributed by atoms with Crippen molar-refractivity contribution in [1.82, 2.24) is 5.32 Å². The average molecular weight is 288 g/mol. The summed E-state index contributed by atoms with van der Waals surface area (Å²) in [6.07, 6.45) is 3.61. The molecule has 0 aromatic heterocycles. The molecule has 1 saturated carbocycles. The van der Waals surface area contributed by atoms with E-state index in [1.165, 1.54) is 19.3 Å². The minimum atomic E-state index is -0.373. The van der Waals surface area contributed by atoms with Gasteiger partial charge in [-0.1, -0.05) is 18.6 Å². The van der Waals surface area contributed by atoms with Crippen molar-refractivity contribution in [3.63, 3.8) is 0 Å². The van der Waals surface area contributed by atoms with Gasteiger partial charge < -0.3 is 15.8 Å². The van der Waals surface area contributed by atoms with E-state index in [9.17, 15) is 4.79 Å². The van der Waals surface area contributed by atoms with Gasteiger partial charge in [0.25, 0.3) is 0 Å². The van der Waals surface area contributed by atoms with E-state index in [1.54, 1.807) is 6.07 Å². The number of primary amides is 1. The number of benzene rings is 1. The number of hydrogen-bond donors (Lipinski definition) is 2. The van der Waals surface area contributed by atoms with Crippen LogP contribution >= 0.6 is 0 Å². The summed E-state index contributed by atoms with van der Waals surface area (Å²) < 4.78 is 6.37. The van der Waals surface area contributed by atoms with Gasteiger partial charge in [0.2, 0.25) is 5.91 Å². The first-order valence-electron chi connectivity index (χ1n) is 7.93. The number of rotatable bonds is 4. The summed E-state index contributed by atoms with van der Waals surface area (Å²) in [4.78, 5) is 11.5. The zero-order chi connectivity index (χ0) is 14.9. The second-order valence-corrected chi connectivity index (χ2v) is 6.15. The Balaban J connectivity index is 2.08. The molecule has 3 N–H and O–H groups in total. The molecule has 4 nitrogen and oxygen atoms in total. The van der Waals surface area contributed by atoms with Gasteiger partial charge in [-0.15, -0.1) is 0 Å². The molecule has 2 fully saturated rings. The highest BCUT2D eigenvalue weighted by Crippen LogP contribution is 2.50. The molecule has 3 rings (SSSR count). The third-order valence-electron chi connectivity index (χ3n) is 5.08. The van der Waals surface area contributed by atoms with Gasteiger partial charge in [-0.25, -0.2) is 0 Å². The number of nitrogens with two attached hydrogens (primary N) is 1. The van der Waals surface area contributed by atoms with Crippen LogP contribution in [0.5, 0.6) is 0 Å². The molecule has 0 spiro atoms. The monoisotopic (exact) mass is 288 g/mol. The minimum absolute atomic E-state index is 0.260. The third-order valence-corrected chi connectivity index (χ3v) is 5.08. The summed E-state index contributed by atoms with van der Waals surface area (Å²) in [7, 11) is 0. The first kappa shape index (κ1) is 14.5. The standard InChI is InChI=1S/C17H24N2O2/c1-2-21-17(13-6-3-5-12(9-13)16(18)20)14-7-4-8-15(17)11-19-10-14/h3,5-6,9,14-15,19H,2,4,7-8,10-11H2,1H3,(H2,18,20)/t14-,15+,17?. The maximum Gasteiger partial charge on any atom is 0.248 e. The second-order valence-electron chi connectivity index (χ2n) is 6.15. The summed E-state index contributed by atoms with van der Waals surface area (Å²) >= 11 is 0. The molecule has 1 aliphatic carbocycles. The van der Waals surface area contributed by atoms with Gasteiger partial charge in [-0.05, 0) is 37.5 Å². The van der Waals surface area contributed by atoms with Crippen LogP contribution in [0.15, 0.2) is 24.3 Å². The number of piperidine rings is 1. The van der Waals surface area contributed by atoms with E-state index in [-0.39, 0.29) is 11.5 Å². The zero-order valence-electron chi connectivity index (χ0n) is 12.6. The lowest BCUT2D eigenvalue weighted by Gasteiger charge is -2.53. The molecule has 0 radical (unpaired) electrons. The van der Waals surface area contributed by atoms with Crippen molar-refractivity contribution in [3.8, 4) is 0 Å². The van der Waals surface area contributed by atoms with Crippen molar-refractivity contribution in [2.24, 2.45) is 17.6 Å². The second kappa shape index (κ2) is 5.78. The number of hydrogen-bond acceptors (Lipinski definition) is 3. The molecule has 1 saturated heterocycles. The molecule has 1 aliphatic heterocycles. The zero-order valence-corrected chi connectivity index (χ0v) is 12.6. The summed E-state index contributed by atoms with van der Waals surface area (Å²) in [5, 5.41) is 3.54. The fraction of sp³-hybridized carbons (Fsp3) is 0.588. The Morgan fingerprint density at radius 2 is 2.10 bits per heavy atom. The Morgan fingerprint density at radius 3 is 2.71 bits per heavy atom. The van der Waals surface area contributed by atoms with E-state index in [4.69, 9.17) is 10.5 Å². The maximum atomic E-state index is 11.5. The molecule has 21 heavy (non-hydrogen) atoms. The van der Waals surface area contributed by atoms with Gasteiger partial charge in [-0.2, -0.15) is 0 Å². The first-order chi connectivity index (χ1) is 10.2. The molecular weight excluding hydrogens is 264 g/mol. The molecule has 1 aromatic rings. The Kier molecular flexibility index (Phi) is 4.00. The molecule has 1 amide bonds. The Bertz CT molecular complexity index is 507. The SMILES string of the molecule is CCOC1(c2cccc(C(N)=O)c2)[C@@H]2CCC[C@H]1CNC2. The van der Waals surface area contributed by atoms with E-state index < -0.39 is 0 Å². The van der Waals surface area contributed by atoms with E-state index in [0.717, 1.165) is 18.7 Å². The van der Waals surface area contributed by atoms with Crippen molar-refractivity contribution in [1.29, 1.82) is 0 Å². The lowest BCUT2D eigenvalue weighted by molar-refractivity contribution is -0.161. The van der Waals surface area contributed by atoms with Crippen LogP contribution < -0.4 is 11.1 Å². The predicted molar refractivity (Wildman–Crippen MR) is 82.0 cm³/mol. The Morgan fingerprint density at radius 1 is 1.38 bits per heavy atom. The molecule has 1 heterocycles. The van der Waals surface area contributed by atoms with Crippen LogP contribution in [0.1, 0.15) is 42.1 Å². The van der Waals surface area contributed by atoms with Crippen molar-refractivity contribution >= 4 is 5.91 Å². The van der Waals surface area contributed by atoms with Crippen LogP contribution in [0.25, 0.3) is 0 Å². The van der Waals surface area contributed by atoms with E-state index >= 15 is 0 Å². The fourth-order valence-electron chi connectivity index (χ4n) is 4.26. The highest BCUT2D eigenvalue weighted by atomic mass is 16.5. The Hall–Kier alpha value is -1.39. The molecule has 114 valence electrons. The number of fused-ring (bicyclic) bond motifs is 2. The van der Waals surface area contributed by atoms with Crippen LogP contribution in [-0.4, -0.2) is 25.6 Å². The number of ether oxygens (including phenoxy) is 1. The highest BCUT2D eigenvalue weighted by molar-refractivity contribution is 5.92. The number of carbonyl (C=O) groups is 1. The van der Waals surface area contributed by atoms with Gasteiger partial charge in [0.15, 0.2) is 0 Å². The normalized spacial score (nSPS) is 31.9. The van der Waals surface area contributed by atoms with Crippen molar-refractivity contribution < 1.29 is 9.53 Å². The lowest BCUT2D eigenvalue weighted by Crippen LogP contribution is -2.58. The third kappa shape index (κ3) is 2.36. The molecule has 2 aliphatic rings. The van der Waals surface area contributed by atoms with Crippen LogP contribution in [0.3, 0.4) is 0 Å². The van der Waals surface area contributed by atoms with Crippen LogP contribution in [0.2, 0.25) is 0 Å². The molecule has 2 bridgehead atoms. The van der Waals surface area contributed by atoms with Gasteiger partial charge >= 0.3 is 0 Å². The van der Waals surface area contributed by atoms with Gasteiger partial charge in [0.1, 0.15) is 5.60 Å². The van der Waals surface area contributed by atoms with E-state index in [1.807, 2.05) is 12.1 Å². The summed E-state index contributed by atoms with van der Waals surface area (Å²) in [6, 6.07) is 7.74.